The van der Waals surface area contributed by atoms with Crippen LogP contribution >= 0.6 is 0 Å². The molecular weight excluding hydrogens is 291 g/mol. The third-order valence-electron chi connectivity index (χ3n) is 3.75. The highest BCUT2D eigenvalue weighted by Crippen LogP contribution is 2.46. The molecule has 0 spiro atoms. The number of benzene rings is 1. The second-order valence-corrected chi connectivity index (χ2v) is 5.17. The van der Waals surface area contributed by atoms with Gasteiger partial charge < -0.3 is 15.3 Å². The molecule has 3 N–H and O–H groups in total. The Kier molecular flexibility index (Phi) is 3.75. The zero-order valence-electron chi connectivity index (χ0n) is 10.9. The molecule has 1 aliphatic heterocycles. The number of carbonyl (C=O) groups is 1. The molecule has 1 aromatic carbocycles. The molecule has 5 nitrogen and oxygen atoms in total. The van der Waals surface area contributed by atoms with Crippen molar-refractivity contribution in [3.8, 4) is 11.5 Å². The van der Waals surface area contributed by atoms with Crippen molar-refractivity contribution in [3.63, 3.8) is 0 Å². The smallest absolute Gasteiger partial charge is 0.406 e. The summed E-state index contributed by atoms with van der Waals surface area (Å²) in [5.74, 6) is -2.56. The van der Waals surface area contributed by atoms with Crippen LogP contribution in [0.5, 0.6) is 11.5 Å². The number of rotatable bonds is 3. The first kappa shape index (κ1) is 15.4. The minimum absolute atomic E-state index is 0.00650. The lowest BCUT2D eigenvalue weighted by Gasteiger charge is -2.27. The van der Waals surface area contributed by atoms with Gasteiger partial charge in [0.05, 0.1) is 0 Å². The van der Waals surface area contributed by atoms with Crippen molar-refractivity contribution in [1.29, 1.82) is 0 Å². The number of likely N-dealkylation sites (tertiary alicyclic amines) is 1. The van der Waals surface area contributed by atoms with Crippen molar-refractivity contribution in [2.45, 2.75) is 19.1 Å². The van der Waals surface area contributed by atoms with E-state index in [0.29, 0.717) is 5.56 Å². The summed E-state index contributed by atoms with van der Waals surface area (Å²) >= 11 is 0. The number of carboxylic acid groups (broad SMARTS) is 1. The first-order valence-corrected chi connectivity index (χ1v) is 6.19. The highest BCUT2D eigenvalue weighted by atomic mass is 19.4. The minimum atomic E-state index is -4.81. The monoisotopic (exact) mass is 305 g/mol. The van der Waals surface area contributed by atoms with Gasteiger partial charge in [0.2, 0.25) is 0 Å². The summed E-state index contributed by atoms with van der Waals surface area (Å²) < 4.78 is 39.0. The molecule has 8 heteroatoms. The van der Waals surface area contributed by atoms with Crippen LogP contribution in [0, 0.1) is 5.41 Å². The predicted molar refractivity (Wildman–Crippen MR) is 65.8 cm³/mol. The Morgan fingerprint density at radius 2 is 1.95 bits per heavy atom. The van der Waals surface area contributed by atoms with Gasteiger partial charge in [0.1, 0.15) is 0 Å². The molecule has 0 bridgehead atoms. The van der Waals surface area contributed by atoms with Crippen molar-refractivity contribution in [3.05, 3.63) is 23.8 Å². The quantitative estimate of drug-likeness (QED) is 0.744. The summed E-state index contributed by atoms with van der Waals surface area (Å²) in [6.07, 6.45) is -5.32. The van der Waals surface area contributed by atoms with Crippen LogP contribution in [0.25, 0.3) is 0 Å². The number of alkyl halides is 3. The Labute approximate surface area is 118 Å². The van der Waals surface area contributed by atoms with E-state index in [1.807, 2.05) is 0 Å². The maximum atomic E-state index is 13.0. The lowest BCUT2D eigenvalue weighted by molar-refractivity contribution is -0.227. The van der Waals surface area contributed by atoms with Crippen molar-refractivity contribution in [2.24, 2.45) is 5.41 Å². The molecule has 1 heterocycles. The number of carboxylic acids is 1. The standard InChI is InChI=1S/C13H14F3NO4/c14-13(15,16)12(11(20)21)3-4-17(7-12)6-8-1-2-9(18)10(19)5-8/h1-2,5,18-19H,3-4,6-7H2,(H,20,21). The van der Waals surface area contributed by atoms with Crippen molar-refractivity contribution >= 4 is 5.97 Å². The average Bonchev–Trinajstić information content (AvgIpc) is 2.79. The van der Waals surface area contributed by atoms with Crippen LogP contribution < -0.4 is 0 Å². The molecule has 1 unspecified atom stereocenters. The summed E-state index contributed by atoms with van der Waals surface area (Å²) in [5, 5.41) is 27.5. The van der Waals surface area contributed by atoms with E-state index in [1.165, 1.54) is 23.1 Å². The van der Waals surface area contributed by atoms with Gasteiger partial charge in [0.25, 0.3) is 0 Å². The van der Waals surface area contributed by atoms with Gasteiger partial charge in [0, 0.05) is 19.6 Å². The summed E-state index contributed by atoms with van der Waals surface area (Å²) in [6.45, 7) is -0.570. The zero-order chi connectivity index (χ0) is 15.8. The third-order valence-corrected chi connectivity index (χ3v) is 3.75. The van der Waals surface area contributed by atoms with Gasteiger partial charge in [-0.2, -0.15) is 13.2 Å². The summed E-state index contributed by atoms with van der Waals surface area (Å²) in [5.41, 5.74) is -2.25. The van der Waals surface area contributed by atoms with E-state index in [0.717, 1.165) is 0 Å². The van der Waals surface area contributed by atoms with Gasteiger partial charge in [0.15, 0.2) is 16.9 Å². The molecule has 0 saturated carbocycles. The van der Waals surface area contributed by atoms with E-state index < -0.39 is 30.5 Å². The SMILES string of the molecule is O=C(O)C1(C(F)(F)F)CCN(Cc2ccc(O)c(O)c2)C1. The summed E-state index contributed by atoms with van der Waals surface area (Å²) in [6, 6.07) is 3.93. The number of hydrogen-bond donors (Lipinski definition) is 3. The Balaban J connectivity index is 2.14. The van der Waals surface area contributed by atoms with Gasteiger partial charge in [-0.3, -0.25) is 9.69 Å². The number of aromatic hydroxyl groups is 2. The van der Waals surface area contributed by atoms with E-state index in [4.69, 9.17) is 5.11 Å². The Morgan fingerprint density at radius 3 is 2.43 bits per heavy atom. The molecule has 0 amide bonds. The second-order valence-electron chi connectivity index (χ2n) is 5.17. The van der Waals surface area contributed by atoms with Crippen molar-refractivity contribution in [1.82, 2.24) is 4.90 Å². The van der Waals surface area contributed by atoms with Crippen LogP contribution in [0.2, 0.25) is 0 Å². The number of halogens is 3. The lowest BCUT2D eigenvalue weighted by Crippen LogP contribution is -2.47. The molecule has 0 aromatic heterocycles. The fourth-order valence-corrected chi connectivity index (χ4v) is 2.48. The maximum absolute atomic E-state index is 13.0. The van der Waals surface area contributed by atoms with Crippen LogP contribution in [0.1, 0.15) is 12.0 Å². The first-order chi connectivity index (χ1) is 9.65. The second kappa shape index (κ2) is 5.10. The molecule has 1 aliphatic rings. The number of phenols is 2. The van der Waals surface area contributed by atoms with Crippen LogP contribution in [0.3, 0.4) is 0 Å². The zero-order valence-corrected chi connectivity index (χ0v) is 10.9. The topological polar surface area (TPSA) is 81.0 Å². The number of aliphatic carboxylic acids is 1. The highest BCUT2D eigenvalue weighted by molar-refractivity contribution is 5.76. The molecule has 1 aromatic rings. The largest absolute Gasteiger partial charge is 0.504 e. The molecule has 2 rings (SSSR count). The molecule has 1 saturated heterocycles. The normalized spacial score (nSPS) is 23.4. The van der Waals surface area contributed by atoms with Gasteiger partial charge in [-0.05, 0) is 24.1 Å². The molecule has 1 fully saturated rings. The Bertz CT molecular complexity index is 561. The Hall–Kier alpha value is -1.96. The molecule has 0 radical (unpaired) electrons. The van der Waals surface area contributed by atoms with E-state index >= 15 is 0 Å². The van der Waals surface area contributed by atoms with Crippen LogP contribution in [0.15, 0.2) is 18.2 Å². The molecule has 116 valence electrons. The van der Waals surface area contributed by atoms with Gasteiger partial charge in [-0.1, -0.05) is 6.07 Å². The summed E-state index contributed by atoms with van der Waals surface area (Å²) in [7, 11) is 0. The van der Waals surface area contributed by atoms with Gasteiger partial charge in [-0.25, -0.2) is 0 Å². The first-order valence-electron chi connectivity index (χ1n) is 6.19. The molecule has 21 heavy (non-hydrogen) atoms. The van der Waals surface area contributed by atoms with Gasteiger partial charge in [-0.15, -0.1) is 0 Å². The Morgan fingerprint density at radius 1 is 1.29 bits per heavy atom. The maximum Gasteiger partial charge on any atom is 0.406 e. The van der Waals surface area contributed by atoms with Crippen LogP contribution in [-0.2, 0) is 11.3 Å². The average molecular weight is 305 g/mol. The number of phenolic OH excluding ortho intramolecular Hbond substituents is 2. The van der Waals surface area contributed by atoms with E-state index in [-0.39, 0.29) is 24.6 Å². The lowest BCUT2D eigenvalue weighted by atomic mass is 9.86. The van der Waals surface area contributed by atoms with Crippen LogP contribution in [0.4, 0.5) is 13.2 Å². The fourth-order valence-electron chi connectivity index (χ4n) is 2.48. The van der Waals surface area contributed by atoms with Crippen molar-refractivity contribution in [2.75, 3.05) is 13.1 Å². The molecule has 0 aliphatic carbocycles. The highest BCUT2D eigenvalue weighted by Gasteiger charge is 2.63. The fraction of sp³-hybridized carbons (Fsp3) is 0.462. The van der Waals surface area contributed by atoms with Crippen LogP contribution in [-0.4, -0.2) is 45.5 Å². The molecule has 1 atom stereocenters. The summed E-state index contributed by atoms with van der Waals surface area (Å²) in [4.78, 5) is 12.4. The number of hydrogen-bond acceptors (Lipinski definition) is 4. The third kappa shape index (κ3) is 2.76. The molecular formula is C13H14F3NO4. The van der Waals surface area contributed by atoms with Crippen molar-refractivity contribution < 1.29 is 33.3 Å². The van der Waals surface area contributed by atoms with E-state index in [1.54, 1.807) is 0 Å². The predicted octanol–water partition coefficient (Wildman–Crippen LogP) is 1.94. The number of nitrogens with zero attached hydrogens (tertiary/aromatic N) is 1. The van der Waals surface area contributed by atoms with E-state index in [2.05, 4.69) is 0 Å². The van der Waals surface area contributed by atoms with E-state index in [9.17, 15) is 28.2 Å². The van der Waals surface area contributed by atoms with Gasteiger partial charge >= 0.3 is 12.1 Å². The minimum Gasteiger partial charge on any atom is -0.504 e.